The van der Waals surface area contributed by atoms with Crippen LogP contribution in [0.25, 0.3) is 0 Å². The van der Waals surface area contributed by atoms with Crippen molar-refractivity contribution in [1.29, 1.82) is 0 Å². The molecule has 0 fully saturated rings. The molecule has 0 radical (unpaired) electrons. The van der Waals surface area contributed by atoms with Crippen molar-refractivity contribution in [3.05, 3.63) is 59.1 Å². The van der Waals surface area contributed by atoms with Crippen LogP contribution in [-0.2, 0) is 16.4 Å². The minimum Gasteiger partial charge on any atom is -0.393 e. The highest BCUT2D eigenvalue weighted by atomic mass is 35.5. The number of anilines is 1. The number of rotatable bonds is 5. The lowest BCUT2D eigenvalue weighted by molar-refractivity contribution is 0.601. The zero-order valence-electron chi connectivity index (χ0n) is 10.9. The van der Waals surface area contributed by atoms with E-state index in [0.717, 1.165) is 5.56 Å². The zero-order valence-corrected chi connectivity index (χ0v) is 13.3. The third-order valence-corrected chi connectivity index (χ3v) is 4.50. The van der Waals surface area contributed by atoms with Gasteiger partial charge in [-0.25, -0.2) is 8.42 Å². The molecule has 0 aliphatic carbocycles. The average molecular weight is 341 g/mol. The molecule has 2 aromatic carbocycles. The second-order valence-electron chi connectivity index (χ2n) is 4.40. The predicted molar refractivity (Wildman–Crippen MR) is 89.2 cm³/mol. The Bertz CT molecular complexity index is 742. The van der Waals surface area contributed by atoms with Crippen LogP contribution >= 0.6 is 23.8 Å². The maximum Gasteiger partial charge on any atom is 0.261 e. The Labute approximate surface area is 134 Å². The van der Waals surface area contributed by atoms with E-state index in [1.54, 1.807) is 24.3 Å². The molecule has 2 rings (SSSR count). The minimum atomic E-state index is -3.63. The van der Waals surface area contributed by atoms with Crippen LogP contribution in [-0.4, -0.2) is 13.4 Å². The molecule has 0 saturated heterocycles. The fourth-order valence-corrected chi connectivity index (χ4v) is 3.07. The summed E-state index contributed by atoms with van der Waals surface area (Å²) in [6, 6.07) is 12.8. The number of hydrogen-bond acceptors (Lipinski definition) is 3. The molecule has 0 aromatic heterocycles. The number of halogens is 1. The van der Waals surface area contributed by atoms with Gasteiger partial charge in [0, 0.05) is 17.1 Å². The van der Waals surface area contributed by atoms with Crippen molar-refractivity contribution in [2.75, 3.05) is 4.72 Å². The lowest BCUT2D eigenvalue weighted by Crippen LogP contribution is -2.13. The SMILES string of the molecule is NC(=S)Cc1ccc(NS(=O)(=O)c2ccc(Cl)cc2)cc1. The van der Waals surface area contributed by atoms with Crippen molar-refractivity contribution >= 4 is 44.5 Å². The molecule has 110 valence electrons. The molecule has 21 heavy (non-hydrogen) atoms. The van der Waals surface area contributed by atoms with Gasteiger partial charge in [-0.2, -0.15) is 0 Å². The van der Waals surface area contributed by atoms with Crippen LogP contribution in [0.3, 0.4) is 0 Å². The molecule has 0 saturated carbocycles. The number of benzene rings is 2. The highest BCUT2D eigenvalue weighted by Gasteiger charge is 2.13. The molecule has 3 N–H and O–H groups in total. The van der Waals surface area contributed by atoms with Crippen LogP contribution < -0.4 is 10.5 Å². The van der Waals surface area contributed by atoms with Gasteiger partial charge in [0.05, 0.1) is 9.88 Å². The minimum absolute atomic E-state index is 0.152. The van der Waals surface area contributed by atoms with Crippen LogP contribution in [0.2, 0.25) is 5.02 Å². The quantitative estimate of drug-likeness (QED) is 0.821. The second kappa shape index (κ2) is 6.43. The van der Waals surface area contributed by atoms with Crippen molar-refractivity contribution < 1.29 is 8.42 Å². The third-order valence-electron chi connectivity index (χ3n) is 2.71. The zero-order chi connectivity index (χ0) is 15.5. The second-order valence-corrected chi connectivity index (χ2v) is 7.04. The molecule has 0 aliphatic heterocycles. The molecule has 0 spiro atoms. The molecule has 0 atom stereocenters. The van der Waals surface area contributed by atoms with Gasteiger partial charge < -0.3 is 5.73 Å². The largest absolute Gasteiger partial charge is 0.393 e. The van der Waals surface area contributed by atoms with E-state index in [2.05, 4.69) is 4.72 Å². The van der Waals surface area contributed by atoms with E-state index >= 15 is 0 Å². The van der Waals surface area contributed by atoms with Gasteiger partial charge in [0.25, 0.3) is 10.0 Å². The Kier molecular flexibility index (Phi) is 4.82. The molecule has 2 aromatic rings. The highest BCUT2D eigenvalue weighted by Crippen LogP contribution is 2.18. The van der Waals surface area contributed by atoms with E-state index in [-0.39, 0.29) is 4.90 Å². The van der Waals surface area contributed by atoms with Crippen LogP contribution in [0.5, 0.6) is 0 Å². The van der Waals surface area contributed by atoms with Gasteiger partial charge in [0.1, 0.15) is 0 Å². The van der Waals surface area contributed by atoms with Crippen LogP contribution in [0.1, 0.15) is 5.56 Å². The smallest absolute Gasteiger partial charge is 0.261 e. The van der Waals surface area contributed by atoms with Crippen LogP contribution in [0.15, 0.2) is 53.4 Å². The summed E-state index contributed by atoms with van der Waals surface area (Å²) >= 11 is 10.6. The summed E-state index contributed by atoms with van der Waals surface area (Å²) in [4.78, 5) is 0.545. The monoisotopic (exact) mass is 340 g/mol. The Morgan fingerprint density at radius 3 is 2.19 bits per heavy atom. The summed E-state index contributed by atoms with van der Waals surface area (Å²) in [7, 11) is -3.63. The summed E-state index contributed by atoms with van der Waals surface area (Å²) in [6.45, 7) is 0. The van der Waals surface area contributed by atoms with Gasteiger partial charge in [-0.3, -0.25) is 4.72 Å². The van der Waals surface area contributed by atoms with Crippen molar-refractivity contribution in [1.82, 2.24) is 0 Å². The van der Waals surface area contributed by atoms with E-state index < -0.39 is 10.0 Å². The first kappa shape index (κ1) is 15.8. The predicted octanol–water partition coefficient (Wildman–Crippen LogP) is 2.97. The van der Waals surface area contributed by atoms with Gasteiger partial charge >= 0.3 is 0 Å². The Hall–Kier alpha value is -1.63. The lowest BCUT2D eigenvalue weighted by Gasteiger charge is -2.09. The van der Waals surface area contributed by atoms with E-state index in [1.165, 1.54) is 24.3 Å². The summed E-state index contributed by atoms with van der Waals surface area (Å²) < 4.78 is 26.9. The van der Waals surface area contributed by atoms with Crippen molar-refractivity contribution in [2.24, 2.45) is 5.73 Å². The fourth-order valence-electron chi connectivity index (χ4n) is 1.72. The Morgan fingerprint density at radius 1 is 1.10 bits per heavy atom. The summed E-state index contributed by atoms with van der Waals surface area (Å²) in [5, 5.41) is 0.482. The van der Waals surface area contributed by atoms with E-state index in [0.29, 0.717) is 22.1 Å². The molecular weight excluding hydrogens is 328 g/mol. The maximum atomic E-state index is 12.2. The molecule has 0 unspecified atom stereocenters. The number of sulfonamides is 1. The molecule has 7 heteroatoms. The Balaban J connectivity index is 2.16. The summed E-state index contributed by atoms with van der Waals surface area (Å²) in [5.41, 5.74) is 6.86. The van der Waals surface area contributed by atoms with Crippen molar-refractivity contribution in [3.63, 3.8) is 0 Å². The summed E-state index contributed by atoms with van der Waals surface area (Å²) in [5.74, 6) is 0. The molecule has 4 nitrogen and oxygen atoms in total. The van der Waals surface area contributed by atoms with Crippen LogP contribution in [0, 0.1) is 0 Å². The molecule has 0 heterocycles. The number of nitrogens with one attached hydrogen (secondary N) is 1. The fraction of sp³-hybridized carbons (Fsp3) is 0.0714. The molecule has 0 aliphatic rings. The van der Waals surface area contributed by atoms with Gasteiger partial charge in [-0.15, -0.1) is 0 Å². The first-order valence-electron chi connectivity index (χ1n) is 6.02. The molecule has 0 amide bonds. The normalized spacial score (nSPS) is 11.1. The topological polar surface area (TPSA) is 72.2 Å². The Morgan fingerprint density at radius 2 is 1.67 bits per heavy atom. The van der Waals surface area contributed by atoms with Gasteiger partial charge in [0.15, 0.2) is 0 Å². The highest BCUT2D eigenvalue weighted by molar-refractivity contribution is 7.92. The number of nitrogens with two attached hydrogens (primary N) is 1. The van der Waals surface area contributed by atoms with E-state index in [9.17, 15) is 8.42 Å². The number of thiocarbonyl (C=S) groups is 1. The van der Waals surface area contributed by atoms with Crippen molar-refractivity contribution in [3.8, 4) is 0 Å². The first-order chi connectivity index (χ1) is 9.87. The molecule has 0 bridgehead atoms. The van der Waals surface area contributed by atoms with Gasteiger partial charge in [0.2, 0.25) is 0 Å². The average Bonchev–Trinajstić information content (AvgIpc) is 2.40. The standard InChI is InChI=1S/C14H13ClN2O2S2/c15-11-3-7-13(8-4-11)21(18,19)17-12-5-1-10(2-6-12)9-14(16)20/h1-8,17H,9H2,(H2,16,20). The van der Waals surface area contributed by atoms with Gasteiger partial charge in [-0.1, -0.05) is 36.0 Å². The first-order valence-corrected chi connectivity index (χ1v) is 8.29. The van der Waals surface area contributed by atoms with E-state index in [4.69, 9.17) is 29.6 Å². The number of hydrogen-bond donors (Lipinski definition) is 2. The maximum absolute atomic E-state index is 12.2. The van der Waals surface area contributed by atoms with Crippen LogP contribution in [0.4, 0.5) is 5.69 Å². The molecular formula is C14H13ClN2O2S2. The van der Waals surface area contributed by atoms with Crippen molar-refractivity contribution in [2.45, 2.75) is 11.3 Å². The third kappa shape index (κ3) is 4.42. The lowest BCUT2D eigenvalue weighted by atomic mass is 10.1. The van der Waals surface area contributed by atoms with E-state index in [1.807, 2.05) is 0 Å². The summed E-state index contributed by atoms with van der Waals surface area (Å²) in [6.07, 6.45) is 0.486. The van der Waals surface area contributed by atoms with Gasteiger partial charge in [-0.05, 0) is 42.0 Å².